The first-order chi connectivity index (χ1) is 9.33. The maximum atomic E-state index is 8.75. The Morgan fingerprint density at radius 2 is 2.05 bits per heavy atom. The van der Waals surface area contributed by atoms with E-state index in [1.54, 1.807) is 0 Å². The van der Waals surface area contributed by atoms with Gasteiger partial charge in [0.15, 0.2) is 0 Å². The number of anilines is 1. The van der Waals surface area contributed by atoms with E-state index >= 15 is 0 Å². The van der Waals surface area contributed by atoms with Crippen molar-refractivity contribution in [2.45, 2.75) is 19.8 Å². The fourth-order valence-corrected chi connectivity index (χ4v) is 2.05. The van der Waals surface area contributed by atoms with E-state index in [0.29, 0.717) is 6.54 Å². The van der Waals surface area contributed by atoms with Crippen molar-refractivity contribution >= 4 is 5.82 Å². The molecule has 0 bridgehead atoms. The Morgan fingerprint density at radius 3 is 2.74 bits per heavy atom. The van der Waals surface area contributed by atoms with Gasteiger partial charge in [0.25, 0.3) is 0 Å². The Hall–Kier alpha value is -1.87. The molecule has 19 heavy (non-hydrogen) atoms. The molecule has 3 heteroatoms. The lowest BCUT2D eigenvalue weighted by atomic mass is 10.0. The molecule has 0 amide bonds. The molecule has 0 atom stereocenters. The van der Waals surface area contributed by atoms with Crippen LogP contribution in [0.5, 0.6) is 0 Å². The molecule has 1 aromatic heterocycles. The molecule has 0 saturated carbocycles. The van der Waals surface area contributed by atoms with Gasteiger partial charge >= 0.3 is 0 Å². The van der Waals surface area contributed by atoms with E-state index in [4.69, 9.17) is 5.11 Å². The molecule has 0 unspecified atom stereocenters. The summed E-state index contributed by atoms with van der Waals surface area (Å²) in [7, 11) is 0. The molecular weight excluding hydrogens is 236 g/mol. The molecule has 0 spiro atoms. The second kappa shape index (κ2) is 6.90. The quantitative estimate of drug-likeness (QED) is 0.834. The zero-order valence-corrected chi connectivity index (χ0v) is 11.3. The number of pyridine rings is 1. The van der Waals surface area contributed by atoms with Crippen LogP contribution in [-0.4, -0.2) is 23.2 Å². The van der Waals surface area contributed by atoms with Gasteiger partial charge in [0.1, 0.15) is 5.82 Å². The topological polar surface area (TPSA) is 45.1 Å². The summed E-state index contributed by atoms with van der Waals surface area (Å²) >= 11 is 0. The van der Waals surface area contributed by atoms with E-state index in [9.17, 15) is 0 Å². The summed E-state index contributed by atoms with van der Waals surface area (Å²) in [5.41, 5.74) is 3.68. The monoisotopic (exact) mass is 256 g/mol. The molecule has 0 aliphatic carbocycles. The van der Waals surface area contributed by atoms with Crippen molar-refractivity contribution in [3.63, 3.8) is 0 Å². The van der Waals surface area contributed by atoms with Gasteiger partial charge in [-0.25, -0.2) is 4.98 Å². The van der Waals surface area contributed by atoms with Crippen LogP contribution in [-0.2, 0) is 6.42 Å². The Labute approximate surface area is 114 Å². The first-order valence-electron chi connectivity index (χ1n) is 6.73. The van der Waals surface area contributed by atoms with Crippen LogP contribution < -0.4 is 5.32 Å². The number of aromatic nitrogens is 1. The summed E-state index contributed by atoms with van der Waals surface area (Å²) in [6.45, 7) is 2.83. The zero-order chi connectivity index (χ0) is 13.5. The third-order valence-electron chi connectivity index (χ3n) is 2.98. The molecule has 0 fully saturated rings. The maximum absolute atomic E-state index is 8.75. The van der Waals surface area contributed by atoms with Crippen LogP contribution >= 0.6 is 0 Å². The standard InChI is InChI=1S/C16H20N2O/c1-2-4-13-5-3-6-14(11-13)15-7-8-16(18-12-15)17-9-10-19/h3,5-8,11-12,19H,2,4,9-10H2,1H3,(H,17,18). The molecule has 2 N–H and O–H groups in total. The minimum Gasteiger partial charge on any atom is -0.395 e. The lowest BCUT2D eigenvalue weighted by molar-refractivity contribution is 0.311. The molecule has 0 aliphatic rings. The van der Waals surface area contributed by atoms with Crippen LogP contribution in [0.25, 0.3) is 11.1 Å². The minimum absolute atomic E-state index is 0.114. The van der Waals surface area contributed by atoms with Crippen molar-refractivity contribution in [2.75, 3.05) is 18.5 Å². The van der Waals surface area contributed by atoms with Crippen LogP contribution in [0.15, 0.2) is 42.6 Å². The number of aliphatic hydroxyl groups is 1. The van der Waals surface area contributed by atoms with Gasteiger partial charge < -0.3 is 10.4 Å². The van der Waals surface area contributed by atoms with Gasteiger partial charge in [-0.1, -0.05) is 37.6 Å². The fourth-order valence-electron chi connectivity index (χ4n) is 2.05. The number of hydrogen-bond acceptors (Lipinski definition) is 3. The molecule has 1 heterocycles. The predicted molar refractivity (Wildman–Crippen MR) is 79.2 cm³/mol. The summed E-state index contributed by atoms with van der Waals surface area (Å²) in [5.74, 6) is 0.794. The van der Waals surface area contributed by atoms with Gasteiger partial charge in [-0.15, -0.1) is 0 Å². The highest BCUT2D eigenvalue weighted by molar-refractivity contribution is 5.64. The van der Waals surface area contributed by atoms with Crippen LogP contribution in [0.3, 0.4) is 0 Å². The SMILES string of the molecule is CCCc1cccc(-c2ccc(NCCO)nc2)c1. The van der Waals surface area contributed by atoms with E-state index in [-0.39, 0.29) is 6.61 Å². The van der Waals surface area contributed by atoms with E-state index in [1.807, 2.05) is 12.3 Å². The van der Waals surface area contributed by atoms with Crippen LogP contribution in [0.4, 0.5) is 5.82 Å². The van der Waals surface area contributed by atoms with Gasteiger partial charge in [-0.3, -0.25) is 0 Å². The van der Waals surface area contributed by atoms with E-state index in [1.165, 1.54) is 11.1 Å². The Balaban J connectivity index is 2.14. The van der Waals surface area contributed by atoms with Gasteiger partial charge in [0.2, 0.25) is 0 Å². The van der Waals surface area contributed by atoms with E-state index in [2.05, 4.69) is 47.6 Å². The van der Waals surface area contributed by atoms with Crippen molar-refractivity contribution in [2.24, 2.45) is 0 Å². The second-order valence-electron chi connectivity index (χ2n) is 4.53. The lowest BCUT2D eigenvalue weighted by Crippen LogP contribution is -2.06. The molecule has 0 saturated heterocycles. The van der Waals surface area contributed by atoms with Crippen molar-refractivity contribution in [1.82, 2.24) is 4.98 Å². The highest BCUT2D eigenvalue weighted by Gasteiger charge is 2.00. The first kappa shape index (κ1) is 13.6. The van der Waals surface area contributed by atoms with Gasteiger partial charge in [0, 0.05) is 18.3 Å². The van der Waals surface area contributed by atoms with E-state index < -0.39 is 0 Å². The number of aliphatic hydroxyl groups excluding tert-OH is 1. The van der Waals surface area contributed by atoms with Crippen LogP contribution in [0.2, 0.25) is 0 Å². The van der Waals surface area contributed by atoms with Crippen molar-refractivity contribution in [1.29, 1.82) is 0 Å². The zero-order valence-electron chi connectivity index (χ0n) is 11.3. The minimum atomic E-state index is 0.114. The third kappa shape index (κ3) is 3.80. The summed E-state index contributed by atoms with van der Waals surface area (Å²) in [6, 6.07) is 12.6. The third-order valence-corrected chi connectivity index (χ3v) is 2.98. The largest absolute Gasteiger partial charge is 0.395 e. The molecule has 100 valence electrons. The van der Waals surface area contributed by atoms with Gasteiger partial charge in [0.05, 0.1) is 6.61 Å². The van der Waals surface area contributed by atoms with Crippen molar-refractivity contribution < 1.29 is 5.11 Å². The van der Waals surface area contributed by atoms with E-state index in [0.717, 1.165) is 24.2 Å². The normalized spacial score (nSPS) is 10.4. The van der Waals surface area contributed by atoms with Gasteiger partial charge in [-0.2, -0.15) is 0 Å². The number of rotatable bonds is 6. The number of nitrogens with one attached hydrogen (secondary N) is 1. The smallest absolute Gasteiger partial charge is 0.125 e. The van der Waals surface area contributed by atoms with Gasteiger partial charge in [-0.05, 0) is 29.7 Å². The maximum Gasteiger partial charge on any atom is 0.125 e. The molecular formula is C16H20N2O. The number of aryl methyl sites for hydroxylation is 1. The summed E-state index contributed by atoms with van der Waals surface area (Å²) < 4.78 is 0. The summed E-state index contributed by atoms with van der Waals surface area (Å²) in [5, 5.41) is 11.8. The fraction of sp³-hybridized carbons (Fsp3) is 0.312. The highest BCUT2D eigenvalue weighted by Crippen LogP contribution is 2.21. The molecule has 2 rings (SSSR count). The number of nitrogens with zero attached hydrogens (tertiary/aromatic N) is 1. The number of hydrogen-bond donors (Lipinski definition) is 2. The lowest BCUT2D eigenvalue weighted by Gasteiger charge is -2.07. The molecule has 0 aliphatic heterocycles. The average molecular weight is 256 g/mol. The Bertz CT molecular complexity index is 508. The average Bonchev–Trinajstić information content (AvgIpc) is 2.46. The van der Waals surface area contributed by atoms with Crippen molar-refractivity contribution in [3.8, 4) is 11.1 Å². The highest BCUT2D eigenvalue weighted by atomic mass is 16.3. The van der Waals surface area contributed by atoms with Crippen LogP contribution in [0.1, 0.15) is 18.9 Å². The number of benzene rings is 1. The van der Waals surface area contributed by atoms with Crippen molar-refractivity contribution in [3.05, 3.63) is 48.2 Å². The summed E-state index contributed by atoms with van der Waals surface area (Å²) in [4.78, 5) is 4.35. The Morgan fingerprint density at radius 1 is 1.16 bits per heavy atom. The predicted octanol–water partition coefficient (Wildman–Crippen LogP) is 3.11. The second-order valence-corrected chi connectivity index (χ2v) is 4.53. The molecule has 3 nitrogen and oxygen atoms in total. The first-order valence-corrected chi connectivity index (χ1v) is 6.73. The Kier molecular flexibility index (Phi) is 4.93. The molecule has 2 aromatic rings. The molecule has 0 radical (unpaired) electrons. The molecule has 1 aromatic carbocycles. The summed E-state index contributed by atoms with van der Waals surface area (Å²) in [6.07, 6.45) is 4.13. The van der Waals surface area contributed by atoms with Crippen LogP contribution in [0, 0.1) is 0 Å².